The molecule has 0 saturated carbocycles. The van der Waals surface area contributed by atoms with Crippen molar-refractivity contribution in [2.45, 2.75) is 19.2 Å². The summed E-state index contributed by atoms with van der Waals surface area (Å²) in [6, 6.07) is 0.0547. The monoisotopic (exact) mass is 243 g/mol. The molecule has 1 rings (SSSR count). The molecule has 3 nitrogen and oxygen atoms in total. The summed E-state index contributed by atoms with van der Waals surface area (Å²) in [6.45, 7) is -1.06. The van der Waals surface area contributed by atoms with Gasteiger partial charge < -0.3 is 10.2 Å². The molecule has 0 spiro atoms. The van der Waals surface area contributed by atoms with Gasteiger partial charge in [0.2, 0.25) is 0 Å². The Morgan fingerprint density at radius 3 is 2.25 bits per heavy atom. The molecule has 90 valence electrons. The summed E-state index contributed by atoms with van der Waals surface area (Å²) in [7, 11) is 0. The molecule has 8 heteroatoms. The second-order valence-corrected chi connectivity index (χ2v) is 2.85. The van der Waals surface area contributed by atoms with Crippen LogP contribution in [0.3, 0.4) is 0 Å². The maximum atomic E-state index is 12.3. The largest absolute Gasteiger partial charge is 0.505 e. The van der Waals surface area contributed by atoms with Crippen molar-refractivity contribution in [2.24, 2.45) is 0 Å². The lowest BCUT2D eigenvalue weighted by molar-refractivity contribution is -0.141. The minimum atomic E-state index is -4.92. The molecule has 0 saturated heterocycles. The van der Waals surface area contributed by atoms with E-state index < -0.39 is 41.9 Å². The molecular weight excluding hydrogens is 237 g/mol. The lowest BCUT2D eigenvalue weighted by atomic mass is 10.1. The summed E-state index contributed by atoms with van der Waals surface area (Å²) in [5.74, 6) is -1.12. The second kappa shape index (κ2) is 4.20. The highest BCUT2D eigenvalue weighted by Crippen LogP contribution is 2.36. The molecule has 0 unspecified atom stereocenters. The van der Waals surface area contributed by atoms with E-state index in [1.165, 1.54) is 0 Å². The van der Waals surface area contributed by atoms with Crippen LogP contribution >= 0.6 is 0 Å². The van der Waals surface area contributed by atoms with Crippen LogP contribution in [0.25, 0.3) is 0 Å². The average molecular weight is 243 g/mol. The van der Waals surface area contributed by atoms with Gasteiger partial charge in [0.1, 0.15) is 17.1 Å². The predicted octanol–water partition coefficient (Wildman–Crippen LogP) is 2.24. The van der Waals surface area contributed by atoms with Gasteiger partial charge in [-0.05, 0) is 6.07 Å². The van der Waals surface area contributed by atoms with Gasteiger partial charge in [0.05, 0.1) is 12.2 Å². The predicted molar refractivity (Wildman–Crippen MR) is 41.8 cm³/mol. The van der Waals surface area contributed by atoms with Crippen molar-refractivity contribution < 1.29 is 32.2 Å². The number of halogens is 5. The minimum Gasteiger partial charge on any atom is -0.505 e. The highest BCUT2D eigenvalue weighted by molar-refractivity contribution is 5.39. The fourth-order valence-corrected chi connectivity index (χ4v) is 1.03. The average Bonchev–Trinajstić information content (AvgIpc) is 2.15. The number of hydrogen-bond acceptors (Lipinski definition) is 3. The third-order valence-electron chi connectivity index (χ3n) is 1.77. The first kappa shape index (κ1) is 12.6. The second-order valence-electron chi connectivity index (χ2n) is 2.85. The fourth-order valence-electron chi connectivity index (χ4n) is 1.03. The zero-order valence-corrected chi connectivity index (χ0v) is 7.59. The molecule has 0 amide bonds. The number of hydrogen-bond donors (Lipinski definition) is 2. The molecule has 0 atom stereocenters. The number of aromatic nitrogens is 1. The van der Waals surface area contributed by atoms with Crippen LogP contribution in [0.4, 0.5) is 22.0 Å². The molecule has 0 aliphatic rings. The molecule has 1 aromatic heterocycles. The van der Waals surface area contributed by atoms with E-state index in [1.54, 1.807) is 0 Å². The summed E-state index contributed by atoms with van der Waals surface area (Å²) in [6.07, 6.45) is -8.20. The molecule has 16 heavy (non-hydrogen) atoms. The quantitative estimate of drug-likeness (QED) is 0.783. The van der Waals surface area contributed by atoms with Gasteiger partial charge in [-0.1, -0.05) is 0 Å². The van der Waals surface area contributed by atoms with Gasteiger partial charge in [-0.15, -0.1) is 0 Å². The first-order chi connectivity index (χ1) is 7.27. The van der Waals surface area contributed by atoms with Gasteiger partial charge in [0, 0.05) is 0 Å². The summed E-state index contributed by atoms with van der Waals surface area (Å²) in [5, 5.41) is 17.7. The molecule has 0 aliphatic carbocycles. The molecule has 0 aliphatic heterocycles. The van der Waals surface area contributed by atoms with Crippen molar-refractivity contribution in [1.29, 1.82) is 0 Å². The number of alkyl halides is 5. The van der Waals surface area contributed by atoms with Crippen LogP contribution in [0.5, 0.6) is 5.75 Å². The first-order valence-corrected chi connectivity index (χ1v) is 3.96. The van der Waals surface area contributed by atoms with Crippen molar-refractivity contribution >= 4 is 0 Å². The Labute approximate surface area is 86.2 Å². The van der Waals surface area contributed by atoms with E-state index in [-0.39, 0.29) is 6.07 Å². The lowest BCUT2D eigenvalue weighted by Gasteiger charge is -2.12. The topological polar surface area (TPSA) is 53.4 Å². The van der Waals surface area contributed by atoms with E-state index in [0.29, 0.717) is 0 Å². The van der Waals surface area contributed by atoms with Crippen LogP contribution < -0.4 is 0 Å². The van der Waals surface area contributed by atoms with Gasteiger partial charge in [-0.3, -0.25) is 0 Å². The highest BCUT2D eigenvalue weighted by atomic mass is 19.4. The summed E-state index contributed by atoms with van der Waals surface area (Å²) < 4.78 is 61.2. The van der Waals surface area contributed by atoms with Gasteiger partial charge in [-0.25, -0.2) is 13.8 Å². The number of aliphatic hydroxyl groups excluding tert-OH is 1. The van der Waals surface area contributed by atoms with Crippen molar-refractivity contribution in [2.75, 3.05) is 0 Å². The zero-order valence-electron chi connectivity index (χ0n) is 7.59. The van der Waals surface area contributed by atoms with E-state index in [9.17, 15) is 22.0 Å². The van der Waals surface area contributed by atoms with E-state index in [4.69, 9.17) is 10.2 Å². The van der Waals surface area contributed by atoms with Crippen LogP contribution in [-0.2, 0) is 12.8 Å². The van der Waals surface area contributed by atoms with Crippen LogP contribution in [0, 0.1) is 0 Å². The third-order valence-corrected chi connectivity index (χ3v) is 1.77. The summed E-state index contributed by atoms with van der Waals surface area (Å²) in [5.41, 5.74) is -3.61. The van der Waals surface area contributed by atoms with Crippen LogP contribution in [0.15, 0.2) is 6.07 Å². The van der Waals surface area contributed by atoms with E-state index in [2.05, 4.69) is 4.98 Å². The van der Waals surface area contributed by atoms with Gasteiger partial charge in [0.25, 0.3) is 6.43 Å². The van der Waals surface area contributed by atoms with Crippen molar-refractivity contribution in [3.8, 4) is 5.75 Å². The molecule has 2 N–H and O–H groups in total. The molecule has 0 bridgehead atoms. The normalized spacial score (nSPS) is 12.2. The zero-order chi connectivity index (χ0) is 12.5. The number of aliphatic hydroxyl groups is 1. The van der Waals surface area contributed by atoms with Gasteiger partial charge in [0.15, 0.2) is 0 Å². The molecule has 0 fully saturated rings. The summed E-state index contributed by atoms with van der Waals surface area (Å²) >= 11 is 0. The Bertz CT molecular complexity index is 391. The molecule has 1 aromatic rings. The summed E-state index contributed by atoms with van der Waals surface area (Å²) in [4.78, 5) is 2.85. The number of aromatic hydroxyl groups is 1. The van der Waals surface area contributed by atoms with Crippen molar-refractivity contribution in [1.82, 2.24) is 4.98 Å². The Balaban J connectivity index is 3.40. The van der Waals surface area contributed by atoms with Crippen LogP contribution in [0.2, 0.25) is 0 Å². The van der Waals surface area contributed by atoms with Gasteiger partial charge >= 0.3 is 6.18 Å². The maximum absolute atomic E-state index is 12.3. The Morgan fingerprint density at radius 1 is 1.31 bits per heavy atom. The number of nitrogens with zero attached hydrogens (tertiary/aromatic N) is 1. The minimum absolute atomic E-state index is 0.0547. The third kappa shape index (κ3) is 2.38. The first-order valence-electron chi connectivity index (χ1n) is 3.96. The van der Waals surface area contributed by atoms with E-state index >= 15 is 0 Å². The Hall–Kier alpha value is -1.44. The highest BCUT2D eigenvalue weighted by Gasteiger charge is 2.35. The Morgan fingerprint density at radius 2 is 1.88 bits per heavy atom. The lowest BCUT2D eigenvalue weighted by Crippen LogP contribution is -2.11. The SMILES string of the molecule is OCc1nc(C(F)(F)F)cc(C(F)F)c1O. The molecule has 0 aromatic carbocycles. The maximum Gasteiger partial charge on any atom is 0.433 e. The van der Waals surface area contributed by atoms with Crippen LogP contribution in [-0.4, -0.2) is 15.2 Å². The van der Waals surface area contributed by atoms with Crippen molar-refractivity contribution in [3.63, 3.8) is 0 Å². The Kier molecular flexibility index (Phi) is 3.32. The number of rotatable bonds is 2. The van der Waals surface area contributed by atoms with Crippen molar-refractivity contribution in [3.05, 3.63) is 23.0 Å². The molecule has 0 radical (unpaired) electrons. The van der Waals surface area contributed by atoms with Crippen LogP contribution in [0.1, 0.15) is 23.4 Å². The van der Waals surface area contributed by atoms with E-state index in [1.807, 2.05) is 0 Å². The molecule has 1 heterocycles. The smallest absolute Gasteiger partial charge is 0.433 e. The molecular formula is C8H6F5NO2. The van der Waals surface area contributed by atoms with Gasteiger partial charge in [-0.2, -0.15) is 13.2 Å². The number of pyridine rings is 1. The van der Waals surface area contributed by atoms with E-state index in [0.717, 1.165) is 0 Å². The standard InChI is InChI=1S/C8H6F5NO2/c9-7(10)3-1-5(8(11,12)13)14-4(2-15)6(3)16/h1,7,15-16H,2H2. The fraction of sp³-hybridized carbons (Fsp3) is 0.375.